The zero-order valence-electron chi connectivity index (χ0n) is 30.8. The van der Waals surface area contributed by atoms with Crippen LogP contribution in [-0.4, -0.2) is 8.41 Å². The van der Waals surface area contributed by atoms with Crippen molar-refractivity contribution >= 4 is 8.41 Å². The third-order valence-corrected chi connectivity index (χ3v) is 9.29. The second kappa shape index (κ2) is 19.8. The quantitative estimate of drug-likeness (QED) is 0.151. The van der Waals surface area contributed by atoms with Crippen LogP contribution in [0.25, 0.3) is 66.8 Å². The Morgan fingerprint density at radius 1 is 0.127 bits per heavy atom. The molecule has 9 aromatic rings. The maximum Gasteiger partial charge on any atom is 0 e. The molecular weight excluding hydrogens is 659 g/mol. The van der Waals surface area contributed by atoms with Gasteiger partial charge < -0.3 is 0 Å². The largest absolute Gasteiger partial charge is 0.0622 e. The highest BCUT2D eigenvalue weighted by molar-refractivity contribution is 5.85. The summed E-state index contributed by atoms with van der Waals surface area (Å²) >= 11 is 0. The molecule has 0 fully saturated rings. The van der Waals surface area contributed by atoms with Gasteiger partial charge in [-0.3, -0.25) is 0 Å². The maximum absolute atomic E-state index is 2.18. The van der Waals surface area contributed by atoms with Crippen LogP contribution in [0.15, 0.2) is 255 Å². The van der Waals surface area contributed by atoms with Crippen LogP contribution in [0.1, 0.15) is 0 Å². The topological polar surface area (TPSA) is 0 Å². The average molecular weight is 702 g/mol. The fourth-order valence-electron chi connectivity index (χ4n) is 6.67. The highest BCUT2D eigenvalue weighted by Gasteiger charge is 2.07. The van der Waals surface area contributed by atoms with E-state index in [1.165, 1.54) is 66.8 Å². The van der Waals surface area contributed by atoms with E-state index < -0.39 is 0 Å². The van der Waals surface area contributed by atoms with Crippen LogP contribution in [0, 0.1) is 0 Å². The third-order valence-electron chi connectivity index (χ3n) is 9.29. The molecule has 0 atom stereocenters. The minimum atomic E-state index is 0. The van der Waals surface area contributed by atoms with Gasteiger partial charge in [0.1, 0.15) is 0 Å². The first-order valence-corrected chi connectivity index (χ1v) is 18.4. The monoisotopic (exact) mass is 701 g/mol. The number of rotatable bonds is 6. The molecule has 0 saturated carbocycles. The fourth-order valence-corrected chi connectivity index (χ4v) is 6.67. The molecule has 0 nitrogen and oxygen atoms in total. The summed E-state index contributed by atoms with van der Waals surface area (Å²) in [5.41, 5.74) is 15.3. The van der Waals surface area contributed by atoms with Crippen LogP contribution in [0.4, 0.5) is 0 Å². The van der Waals surface area contributed by atoms with Crippen molar-refractivity contribution in [3.05, 3.63) is 255 Å². The van der Waals surface area contributed by atoms with Gasteiger partial charge in [0.25, 0.3) is 0 Å². The summed E-state index contributed by atoms with van der Waals surface area (Å²) < 4.78 is 0. The number of hydrogen-bond donors (Lipinski definition) is 0. The van der Waals surface area contributed by atoms with Crippen molar-refractivity contribution in [1.82, 2.24) is 0 Å². The van der Waals surface area contributed by atoms with E-state index >= 15 is 0 Å². The summed E-state index contributed by atoms with van der Waals surface area (Å²) in [5.74, 6) is 0. The van der Waals surface area contributed by atoms with Crippen LogP contribution in [0.2, 0.25) is 0 Å². The van der Waals surface area contributed by atoms with Crippen LogP contribution < -0.4 is 0 Å². The molecule has 0 saturated heterocycles. The van der Waals surface area contributed by atoms with Crippen molar-refractivity contribution in [1.29, 1.82) is 0 Å². The molecule has 0 aliphatic carbocycles. The Morgan fingerprint density at radius 3 is 0.364 bits per heavy atom. The zero-order chi connectivity index (χ0) is 36.6. The van der Waals surface area contributed by atoms with Crippen molar-refractivity contribution in [3.8, 4) is 66.8 Å². The minimum absolute atomic E-state index is 0. The summed E-state index contributed by atoms with van der Waals surface area (Å²) in [7, 11) is 0. The van der Waals surface area contributed by atoms with Gasteiger partial charge in [-0.15, -0.1) is 0 Å². The van der Waals surface area contributed by atoms with E-state index in [9.17, 15) is 0 Å². The lowest BCUT2D eigenvalue weighted by Gasteiger charge is -2.09. The third kappa shape index (κ3) is 9.93. The van der Waals surface area contributed by atoms with Gasteiger partial charge in [-0.2, -0.15) is 0 Å². The number of hydrogen-bond acceptors (Lipinski definition) is 0. The summed E-state index contributed by atoms with van der Waals surface area (Å²) in [5, 5.41) is 0. The molecule has 0 aliphatic rings. The van der Waals surface area contributed by atoms with Crippen molar-refractivity contribution in [2.24, 2.45) is 0 Å². The first-order valence-electron chi connectivity index (χ1n) is 18.4. The zero-order valence-corrected chi connectivity index (χ0v) is 30.8. The van der Waals surface area contributed by atoms with E-state index in [1.54, 1.807) is 0 Å². The van der Waals surface area contributed by atoms with Gasteiger partial charge in [0.15, 0.2) is 0 Å². The molecule has 3 radical (unpaired) electrons. The second-order valence-electron chi connectivity index (χ2n) is 12.8. The van der Waals surface area contributed by atoms with Crippen LogP contribution >= 0.6 is 0 Å². The van der Waals surface area contributed by atoms with Crippen LogP contribution in [-0.2, 0) is 0 Å². The molecule has 0 amide bonds. The van der Waals surface area contributed by atoms with Gasteiger partial charge in [0.05, 0.1) is 0 Å². The molecule has 9 aromatic carbocycles. The van der Waals surface area contributed by atoms with Gasteiger partial charge in [-0.25, -0.2) is 0 Å². The standard InChI is InChI=1S/3C18H14.B/c3*1-3-9-15(10-4-1)17-13-7-8-14-18(17)16-11-5-2-6-12-16;/h3*1-14H;. The van der Waals surface area contributed by atoms with E-state index in [-0.39, 0.29) is 8.41 Å². The highest BCUT2D eigenvalue weighted by atomic mass is 14.1. The Kier molecular flexibility index (Phi) is 13.6. The van der Waals surface area contributed by atoms with E-state index in [0.717, 1.165) is 0 Å². The molecule has 55 heavy (non-hydrogen) atoms. The van der Waals surface area contributed by atoms with Crippen molar-refractivity contribution < 1.29 is 0 Å². The van der Waals surface area contributed by atoms with E-state index in [2.05, 4.69) is 255 Å². The van der Waals surface area contributed by atoms with Crippen LogP contribution in [0.3, 0.4) is 0 Å². The van der Waals surface area contributed by atoms with Crippen LogP contribution in [0.5, 0.6) is 0 Å². The molecule has 0 aromatic heterocycles. The van der Waals surface area contributed by atoms with Crippen molar-refractivity contribution in [2.45, 2.75) is 0 Å². The average Bonchev–Trinajstić information content (AvgIpc) is 3.29. The number of benzene rings is 9. The predicted octanol–water partition coefficient (Wildman–Crippen LogP) is 14.7. The summed E-state index contributed by atoms with van der Waals surface area (Å²) in [4.78, 5) is 0. The molecule has 1 heteroatoms. The van der Waals surface area contributed by atoms with Crippen molar-refractivity contribution in [3.63, 3.8) is 0 Å². The predicted molar refractivity (Wildman–Crippen MR) is 238 cm³/mol. The molecular formula is C54H42B. The normalized spacial score (nSPS) is 10.0. The lowest BCUT2D eigenvalue weighted by molar-refractivity contribution is 1.58. The summed E-state index contributed by atoms with van der Waals surface area (Å²) in [6.07, 6.45) is 0. The minimum Gasteiger partial charge on any atom is -0.0622 e. The van der Waals surface area contributed by atoms with Gasteiger partial charge in [0, 0.05) is 8.41 Å². The first kappa shape index (κ1) is 37.8. The molecule has 0 bridgehead atoms. The van der Waals surface area contributed by atoms with Gasteiger partial charge in [-0.05, 0) is 66.8 Å². The Balaban J connectivity index is 0.000000139. The molecule has 0 aliphatic heterocycles. The highest BCUT2D eigenvalue weighted by Crippen LogP contribution is 2.34. The first-order chi connectivity index (χ1) is 26.8. The molecule has 9 rings (SSSR count). The Hall–Kier alpha value is -6.96. The molecule has 0 N–H and O–H groups in total. The van der Waals surface area contributed by atoms with Gasteiger partial charge >= 0.3 is 0 Å². The second-order valence-corrected chi connectivity index (χ2v) is 12.8. The summed E-state index contributed by atoms with van der Waals surface area (Å²) in [6, 6.07) is 88.7. The maximum atomic E-state index is 2.18. The van der Waals surface area contributed by atoms with Gasteiger partial charge in [0.2, 0.25) is 0 Å². The van der Waals surface area contributed by atoms with E-state index in [4.69, 9.17) is 0 Å². The lowest BCUT2D eigenvalue weighted by atomic mass is 9.95. The Labute approximate surface area is 328 Å². The molecule has 0 heterocycles. The molecule has 0 spiro atoms. The summed E-state index contributed by atoms with van der Waals surface area (Å²) in [6.45, 7) is 0. The molecule has 0 unspecified atom stereocenters. The van der Waals surface area contributed by atoms with Crippen molar-refractivity contribution in [2.75, 3.05) is 0 Å². The van der Waals surface area contributed by atoms with Gasteiger partial charge in [-0.1, -0.05) is 255 Å². The smallest absolute Gasteiger partial charge is 0 e. The van der Waals surface area contributed by atoms with E-state index in [1.807, 2.05) is 0 Å². The van der Waals surface area contributed by atoms with E-state index in [0.29, 0.717) is 0 Å². The fraction of sp³-hybridized carbons (Fsp3) is 0. The SMILES string of the molecule is [B].c1ccc(-c2ccccc2-c2ccccc2)cc1.c1ccc(-c2ccccc2-c2ccccc2)cc1.c1ccc(-c2ccccc2-c2ccccc2)cc1. The Morgan fingerprint density at radius 2 is 0.236 bits per heavy atom. The lowest BCUT2D eigenvalue weighted by Crippen LogP contribution is -1.83. The molecule has 261 valence electrons. The Bertz CT molecular complexity index is 1990.